The van der Waals surface area contributed by atoms with E-state index in [4.69, 9.17) is 4.98 Å². The van der Waals surface area contributed by atoms with Gasteiger partial charge in [0.1, 0.15) is 0 Å². The third-order valence-electron chi connectivity index (χ3n) is 4.98. The van der Waals surface area contributed by atoms with E-state index in [1.807, 2.05) is 18.2 Å². The van der Waals surface area contributed by atoms with E-state index in [2.05, 4.69) is 50.0 Å². The second-order valence-electron chi connectivity index (χ2n) is 8.48. The number of aromatic nitrogens is 1. The molecule has 0 aliphatic heterocycles. The maximum Gasteiger partial charge on any atom is 0.270 e. The largest absolute Gasteiger partial charge is 0.270 e. The summed E-state index contributed by atoms with van der Waals surface area (Å²) in [7, 11) is 0. The molecule has 0 atom stereocenters. The maximum atomic E-state index is 10.9. The monoisotopic (exact) mass is 461 g/mol. The van der Waals surface area contributed by atoms with Crippen LogP contribution in [0.4, 0.5) is 11.4 Å². The number of benzene rings is 3. The van der Waals surface area contributed by atoms with E-state index in [-0.39, 0.29) is 11.1 Å². The molecule has 0 aliphatic rings. The van der Waals surface area contributed by atoms with Crippen LogP contribution in [0.5, 0.6) is 0 Å². The summed E-state index contributed by atoms with van der Waals surface area (Å²) in [6.07, 6.45) is 1.64. The van der Waals surface area contributed by atoms with E-state index >= 15 is 0 Å². The molecule has 0 unspecified atom stereocenters. The molecule has 4 rings (SSSR count). The van der Waals surface area contributed by atoms with Crippen molar-refractivity contribution >= 4 is 50.9 Å². The molecule has 5 nitrogen and oxygen atoms in total. The second kappa shape index (κ2) is 9.22. The Bertz CT molecular complexity index is 1290. The molecule has 1 heterocycles. The van der Waals surface area contributed by atoms with Gasteiger partial charge in [0.15, 0.2) is 4.34 Å². The van der Waals surface area contributed by atoms with Gasteiger partial charge in [0.05, 0.1) is 20.8 Å². The predicted octanol–water partition coefficient (Wildman–Crippen LogP) is 7.54. The Hall–Kier alpha value is -3.03. The molecule has 4 aromatic rings. The van der Waals surface area contributed by atoms with Crippen molar-refractivity contribution in [3.63, 3.8) is 0 Å². The van der Waals surface area contributed by atoms with E-state index in [1.54, 1.807) is 41.4 Å². The number of nitrogens with zero attached hydrogens (tertiary/aromatic N) is 3. The van der Waals surface area contributed by atoms with Gasteiger partial charge in [-0.3, -0.25) is 15.1 Å². The van der Waals surface area contributed by atoms with Crippen molar-refractivity contribution in [2.24, 2.45) is 4.99 Å². The van der Waals surface area contributed by atoms with Crippen LogP contribution in [0.15, 0.2) is 76.1 Å². The normalized spacial score (nSPS) is 12.0. The van der Waals surface area contributed by atoms with Crippen LogP contribution in [0.2, 0.25) is 0 Å². The van der Waals surface area contributed by atoms with Crippen molar-refractivity contribution in [1.82, 2.24) is 4.98 Å². The minimum Gasteiger partial charge on any atom is -0.258 e. The number of fused-ring (bicyclic) bond motifs is 1. The van der Waals surface area contributed by atoms with Gasteiger partial charge in [0, 0.05) is 24.1 Å². The smallest absolute Gasteiger partial charge is 0.258 e. The molecular weight excluding hydrogens is 438 g/mol. The minimum atomic E-state index is -0.404. The zero-order chi connectivity index (χ0) is 22.7. The third kappa shape index (κ3) is 5.41. The van der Waals surface area contributed by atoms with Crippen molar-refractivity contribution in [1.29, 1.82) is 0 Å². The van der Waals surface area contributed by atoms with Crippen LogP contribution in [-0.2, 0) is 11.2 Å². The molecule has 0 spiro atoms. The minimum absolute atomic E-state index is 0.0570. The highest BCUT2D eigenvalue weighted by atomic mass is 32.2. The summed E-state index contributed by atoms with van der Waals surface area (Å²) in [6.45, 7) is 6.67. The quantitative estimate of drug-likeness (QED) is 0.129. The van der Waals surface area contributed by atoms with Gasteiger partial charge in [-0.1, -0.05) is 68.9 Å². The van der Waals surface area contributed by atoms with E-state index in [1.165, 1.54) is 23.3 Å². The molecule has 0 bridgehead atoms. The molecule has 162 valence electrons. The van der Waals surface area contributed by atoms with Gasteiger partial charge in [0.25, 0.3) is 5.69 Å². The number of aliphatic imine (C=N–C) groups is 1. The summed E-state index contributed by atoms with van der Waals surface area (Å²) in [6, 6.07) is 21.1. The van der Waals surface area contributed by atoms with E-state index in [0.717, 1.165) is 26.0 Å². The summed E-state index contributed by atoms with van der Waals surface area (Å²) in [5.41, 5.74) is 5.28. The predicted molar refractivity (Wildman–Crippen MR) is 135 cm³/mol. The average molecular weight is 462 g/mol. The summed E-state index contributed by atoms with van der Waals surface area (Å²) in [5.74, 6) is 0.877. The molecular formula is C25H23N3O2S2. The van der Waals surface area contributed by atoms with Crippen LogP contribution in [0, 0.1) is 10.1 Å². The van der Waals surface area contributed by atoms with Crippen LogP contribution in [0.1, 0.15) is 37.5 Å². The Morgan fingerprint density at radius 2 is 1.88 bits per heavy atom. The van der Waals surface area contributed by atoms with Crippen LogP contribution in [0.25, 0.3) is 10.2 Å². The number of hydrogen-bond donors (Lipinski definition) is 0. The van der Waals surface area contributed by atoms with Crippen LogP contribution in [0.3, 0.4) is 0 Å². The number of nitro benzene ring substituents is 1. The van der Waals surface area contributed by atoms with Crippen LogP contribution in [-0.4, -0.2) is 16.1 Å². The van der Waals surface area contributed by atoms with Gasteiger partial charge in [-0.25, -0.2) is 4.98 Å². The Kier molecular flexibility index (Phi) is 6.39. The fourth-order valence-electron chi connectivity index (χ4n) is 3.15. The Labute approximate surface area is 195 Å². The molecule has 3 aromatic carbocycles. The first-order valence-electron chi connectivity index (χ1n) is 10.2. The Morgan fingerprint density at radius 3 is 2.59 bits per heavy atom. The Balaban J connectivity index is 1.45. The number of thioether (sulfide) groups is 1. The Morgan fingerprint density at radius 1 is 1.09 bits per heavy atom. The van der Waals surface area contributed by atoms with E-state index < -0.39 is 4.92 Å². The molecule has 0 saturated heterocycles. The lowest BCUT2D eigenvalue weighted by atomic mass is 9.87. The van der Waals surface area contributed by atoms with Crippen molar-refractivity contribution in [3.05, 3.63) is 93.5 Å². The summed E-state index contributed by atoms with van der Waals surface area (Å²) in [4.78, 5) is 19.7. The molecule has 0 fully saturated rings. The van der Waals surface area contributed by atoms with Crippen molar-refractivity contribution in [2.75, 3.05) is 0 Å². The highest BCUT2D eigenvalue weighted by molar-refractivity contribution is 8.00. The lowest BCUT2D eigenvalue weighted by molar-refractivity contribution is -0.384. The van der Waals surface area contributed by atoms with Gasteiger partial charge >= 0.3 is 0 Å². The maximum absolute atomic E-state index is 10.9. The number of non-ortho nitro benzene ring substituents is 1. The number of thiazole rings is 1. The zero-order valence-electron chi connectivity index (χ0n) is 18.1. The summed E-state index contributed by atoms with van der Waals surface area (Å²) < 4.78 is 2.10. The van der Waals surface area contributed by atoms with Gasteiger partial charge in [-0.2, -0.15) is 0 Å². The second-order valence-corrected chi connectivity index (χ2v) is 10.7. The average Bonchev–Trinajstić information content (AvgIpc) is 3.18. The van der Waals surface area contributed by atoms with Crippen LogP contribution >= 0.6 is 23.1 Å². The molecule has 32 heavy (non-hydrogen) atoms. The molecule has 0 N–H and O–H groups in total. The van der Waals surface area contributed by atoms with E-state index in [0.29, 0.717) is 5.56 Å². The fourth-order valence-corrected chi connectivity index (χ4v) is 5.21. The zero-order valence-corrected chi connectivity index (χ0v) is 19.7. The number of nitro groups is 1. The topological polar surface area (TPSA) is 68.4 Å². The SMILES string of the molecule is CC(C)(C)c1ccc(CSc2nc3ccc(N=Cc4cccc([N+](=O)[O-])c4)cc3s2)cc1. The molecule has 0 amide bonds. The molecule has 0 radical (unpaired) electrons. The standard InChI is InChI=1S/C25H23N3O2S2/c1-25(2,3)19-9-7-17(8-10-19)16-31-24-27-22-12-11-20(14-23(22)32-24)26-15-18-5-4-6-21(13-18)28(29)30/h4-15H,16H2,1-3H3. The first-order valence-corrected chi connectivity index (χ1v) is 12.0. The third-order valence-corrected chi connectivity index (χ3v) is 7.21. The number of rotatable bonds is 6. The highest BCUT2D eigenvalue weighted by Gasteiger charge is 2.13. The van der Waals surface area contributed by atoms with Crippen molar-refractivity contribution < 1.29 is 4.92 Å². The summed E-state index contributed by atoms with van der Waals surface area (Å²) in [5, 5.41) is 10.9. The van der Waals surface area contributed by atoms with E-state index in [9.17, 15) is 10.1 Å². The van der Waals surface area contributed by atoms with Crippen molar-refractivity contribution in [2.45, 2.75) is 36.3 Å². The fraction of sp³-hybridized carbons (Fsp3) is 0.200. The molecule has 0 aliphatic carbocycles. The van der Waals surface area contributed by atoms with Gasteiger partial charge in [-0.15, -0.1) is 11.3 Å². The molecule has 1 aromatic heterocycles. The lowest BCUT2D eigenvalue weighted by Crippen LogP contribution is -2.10. The first-order chi connectivity index (χ1) is 15.3. The van der Waals surface area contributed by atoms with Gasteiger partial charge in [0.2, 0.25) is 0 Å². The highest BCUT2D eigenvalue weighted by Crippen LogP contribution is 2.34. The van der Waals surface area contributed by atoms with Crippen LogP contribution < -0.4 is 0 Å². The first kappa shape index (κ1) is 22.2. The van der Waals surface area contributed by atoms with Crippen molar-refractivity contribution in [3.8, 4) is 0 Å². The molecule has 7 heteroatoms. The number of hydrogen-bond acceptors (Lipinski definition) is 6. The molecule has 0 saturated carbocycles. The summed E-state index contributed by atoms with van der Waals surface area (Å²) >= 11 is 3.39. The van der Waals surface area contributed by atoms with Gasteiger partial charge < -0.3 is 0 Å². The van der Waals surface area contributed by atoms with Gasteiger partial charge in [-0.05, 0) is 40.3 Å². The lowest BCUT2D eigenvalue weighted by Gasteiger charge is -2.19.